The highest BCUT2D eigenvalue weighted by Gasteiger charge is 2.17. The van der Waals surface area contributed by atoms with E-state index < -0.39 is 0 Å². The summed E-state index contributed by atoms with van der Waals surface area (Å²) in [6.45, 7) is 0.563. The van der Waals surface area contributed by atoms with Crippen LogP contribution < -0.4 is 15.5 Å². The van der Waals surface area contributed by atoms with Gasteiger partial charge < -0.3 is 15.5 Å². The third-order valence-corrected chi connectivity index (χ3v) is 5.80. The zero-order valence-corrected chi connectivity index (χ0v) is 18.1. The van der Waals surface area contributed by atoms with Gasteiger partial charge in [0.1, 0.15) is 0 Å². The highest BCUT2D eigenvalue weighted by atomic mass is 16.2. The summed E-state index contributed by atoms with van der Waals surface area (Å²) in [5, 5.41) is 5.98. The van der Waals surface area contributed by atoms with E-state index in [1.54, 1.807) is 6.07 Å². The molecule has 0 saturated heterocycles. The second-order valence-corrected chi connectivity index (χ2v) is 8.36. The molecular weight excluding hydrogens is 374 g/mol. The molecule has 1 aliphatic rings. The Labute approximate surface area is 179 Å². The fourth-order valence-corrected chi connectivity index (χ4v) is 4.10. The Bertz CT molecular complexity index is 843. The van der Waals surface area contributed by atoms with E-state index in [-0.39, 0.29) is 11.8 Å². The van der Waals surface area contributed by atoms with Gasteiger partial charge in [0.25, 0.3) is 5.91 Å². The third-order valence-electron chi connectivity index (χ3n) is 5.80. The Morgan fingerprint density at radius 3 is 2.47 bits per heavy atom. The summed E-state index contributed by atoms with van der Waals surface area (Å²) in [6.07, 6.45) is 7.35. The van der Waals surface area contributed by atoms with Crippen molar-refractivity contribution in [3.8, 4) is 0 Å². The summed E-state index contributed by atoms with van der Waals surface area (Å²) < 4.78 is 0. The van der Waals surface area contributed by atoms with Crippen LogP contribution in [0.2, 0.25) is 0 Å². The van der Waals surface area contributed by atoms with E-state index in [0.717, 1.165) is 18.5 Å². The molecule has 0 aromatic heterocycles. The Balaban J connectivity index is 1.59. The topological polar surface area (TPSA) is 61.4 Å². The molecule has 1 saturated carbocycles. The number of hydrogen-bond acceptors (Lipinski definition) is 3. The minimum atomic E-state index is -0.128. The summed E-state index contributed by atoms with van der Waals surface area (Å²) >= 11 is 0. The average molecular weight is 408 g/mol. The lowest BCUT2D eigenvalue weighted by Crippen LogP contribution is -2.28. The Morgan fingerprint density at radius 1 is 1.03 bits per heavy atom. The van der Waals surface area contributed by atoms with Crippen molar-refractivity contribution in [2.45, 2.75) is 44.9 Å². The van der Waals surface area contributed by atoms with Crippen LogP contribution in [0, 0.1) is 5.92 Å². The molecule has 0 atom stereocenters. The van der Waals surface area contributed by atoms with Crippen molar-refractivity contribution < 1.29 is 9.59 Å². The van der Waals surface area contributed by atoms with Crippen LogP contribution in [-0.4, -0.2) is 32.5 Å². The Morgan fingerprint density at radius 2 is 1.77 bits per heavy atom. The molecule has 2 aromatic carbocycles. The molecule has 5 nitrogen and oxygen atoms in total. The number of rotatable bonds is 9. The molecule has 2 N–H and O–H groups in total. The maximum Gasteiger partial charge on any atom is 0.253 e. The summed E-state index contributed by atoms with van der Waals surface area (Å²) in [4.78, 5) is 27.1. The van der Waals surface area contributed by atoms with Crippen LogP contribution in [0.3, 0.4) is 0 Å². The van der Waals surface area contributed by atoms with Crippen molar-refractivity contribution in [2.24, 2.45) is 5.92 Å². The average Bonchev–Trinajstić information content (AvgIpc) is 3.26. The number of anilines is 2. The van der Waals surface area contributed by atoms with Gasteiger partial charge in [-0.25, -0.2) is 0 Å². The minimum absolute atomic E-state index is 0.0231. The molecule has 2 aromatic rings. The third kappa shape index (κ3) is 6.34. The van der Waals surface area contributed by atoms with Crippen LogP contribution in [0.15, 0.2) is 48.5 Å². The predicted octanol–water partition coefficient (Wildman–Crippen LogP) is 4.63. The normalized spacial score (nSPS) is 13.8. The standard InChI is InChI=1S/C25H33N3O2/c1-28(2)23-14-13-21(27-24(29)15-12-19-10-6-7-11-19)18-22(23)25(30)26-17-16-20-8-4-3-5-9-20/h3-5,8-9,13-14,18-19H,6-7,10-12,15-17H2,1-2H3,(H,26,30)(H,27,29). The predicted molar refractivity (Wildman–Crippen MR) is 123 cm³/mol. The van der Waals surface area contributed by atoms with Gasteiger partial charge in [0, 0.05) is 38.4 Å². The van der Waals surface area contributed by atoms with Gasteiger partial charge in [0.15, 0.2) is 0 Å². The SMILES string of the molecule is CN(C)c1ccc(NC(=O)CCC2CCCC2)cc1C(=O)NCCc1ccccc1. The highest BCUT2D eigenvalue weighted by molar-refractivity contribution is 6.02. The molecule has 3 rings (SSSR count). The fourth-order valence-electron chi connectivity index (χ4n) is 4.10. The summed E-state index contributed by atoms with van der Waals surface area (Å²) in [5.74, 6) is 0.587. The molecule has 1 aliphatic carbocycles. The largest absolute Gasteiger partial charge is 0.377 e. The molecule has 0 radical (unpaired) electrons. The molecule has 0 bridgehead atoms. The first-order valence-corrected chi connectivity index (χ1v) is 11.0. The van der Waals surface area contributed by atoms with Gasteiger partial charge in [0.05, 0.1) is 5.56 Å². The second-order valence-electron chi connectivity index (χ2n) is 8.36. The van der Waals surface area contributed by atoms with E-state index in [2.05, 4.69) is 22.8 Å². The van der Waals surface area contributed by atoms with E-state index in [1.807, 2.05) is 49.3 Å². The lowest BCUT2D eigenvalue weighted by Gasteiger charge is -2.19. The van der Waals surface area contributed by atoms with Gasteiger partial charge in [-0.05, 0) is 42.5 Å². The van der Waals surface area contributed by atoms with Crippen molar-refractivity contribution in [2.75, 3.05) is 30.9 Å². The van der Waals surface area contributed by atoms with Crippen molar-refractivity contribution in [1.82, 2.24) is 5.32 Å². The molecule has 0 aliphatic heterocycles. The molecule has 160 valence electrons. The number of nitrogens with zero attached hydrogens (tertiary/aromatic N) is 1. The number of benzene rings is 2. The number of nitrogens with one attached hydrogen (secondary N) is 2. The van der Waals surface area contributed by atoms with Crippen LogP contribution in [-0.2, 0) is 11.2 Å². The summed E-state index contributed by atoms with van der Waals surface area (Å²) in [6, 6.07) is 15.6. The van der Waals surface area contributed by atoms with Gasteiger partial charge in [0.2, 0.25) is 5.91 Å². The lowest BCUT2D eigenvalue weighted by molar-refractivity contribution is -0.116. The van der Waals surface area contributed by atoms with Gasteiger partial charge >= 0.3 is 0 Å². The second kappa shape index (κ2) is 10.8. The van der Waals surface area contributed by atoms with Gasteiger partial charge in [-0.1, -0.05) is 56.0 Å². The molecular formula is C25H33N3O2. The molecule has 5 heteroatoms. The number of carbonyl (C=O) groups is 2. The van der Waals surface area contributed by atoms with E-state index in [4.69, 9.17) is 0 Å². The van der Waals surface area contributed by atoms with Gasteiger partial charge in [-0.2, -0.15) is 0 Å². The van der Waals surface area contributed by atoms with Crippen LogP contribution >= 0.6 is 0 Å². The molecule has 0 unspecified atom stereocenters. The summed E-state index contributed by atoms with van der Waals surface area (Å²) in [5.41, 5.74) is 3.26. The number of amides is 2. The monoisotopic (exact) mass is 407 g/mol. The van der Waals surface area contributed by atoms with Crippen molar-refractivity contribution >= 4 is 23.2 Å². The quantitative estimate of drug-likeness (QED) is 0.637. The van der Waals surface area contributed by atoms with E-state index >= 15 is 0 Å². The summed E-state index contributed by atoms with van der Waals surface area (Å²) in [7, 11) is 3.83. The van der Waals surface area contributed by atoms with Gasteiger partial charge in [-0.15, -0.1) is 0 Å². The van der Waals surface area contributed by atoms with Crippen molar-refractivity contribution in [1.29, 1.82) is 0 Å². The number of carbonyl (C=O) groups excluding carboxylic acids is 2. The molecule has 2 amide bonds. The first kappa shape index (κ1) is 21.9. The van der Waals surface area contributed by atoms with Crippen molar-refractivity contribution in [3.05, 3.63) is 59.7 Å². The fraction of sp³-hybridized carbons (Fsp3) is 0.440. The van der Waals surface area contributed by atoms with Crippen LogP contribution in [0.1, 0.15) is 54.4 Å². The first-order chi connectivity index (χ1) is 14.5. The smallest absolute Gasteiger partial charge is 0.253 e. The zero-order valence-electron chi connectivity index (χ0n) is 18.1. The lowest BCUT2D eigenvalue weighted by atomic mass is 10.0. The highest BCUT2D eigenvalue weighted by Crippen LogP contribution is 2.29. The maximum absolute atomic E-state index is 12.8. The molecule has 0 heterocycles. The maximum atomic E-state index is 12.8. The number of hydrogen-bond donors (Lipinski definition) is 2. The molecule has 30 heavy (non-hydrogen) atoms. The van der Waals surface area contributed by atoms with E-state index in [0.29, 0.717) is 30.1 Å². The van der Waals surface area contributed by atoms with Crippen LogP contribution in [0.4, 0.5) is 11.4 Å². The van der Waals surface area contributed by atoms with Crippen molar-refractivity contribution in [3.63, 3.8) is 0 Å². The van der Waals surface area contributed by atoms with E-state index in [9.17, 15) is 9.59 Å². The Kier molecular flexibility index (Phi) is 7.89. The Hall–Kier alpha value is -2.82. The minimum Gasteiger partial charge on any atom is -0.377 e. The molecule has 0 spiro atoms. The first-order valence-electron chi connectivity index (χ1n) is 11.0. The van der Waals surface area contributed by atoms with E-state index in [1.165, 1.54) is 31.2 Å². The molecule has 1 fully saturated rings. The van der Waals surface area contributed by atoms with Crippen LogP contribution in [0.25, 0.3) is 0 Å². The van der Waals surface area contributed by atoms with Crippen LogP contribution in [0.5, 0.6) is 0 Å². The van der Waals surface area contributed by atoms with Gasteiger partial charge in [-0.3, -0.25) is 9.59 Å². The zero-order chi connectivity index (χ0) is 21.3.